The van der Waals surface area contributed by atoms with Crippen molar-refractivity contribution in [1.29, 1.82) is 5.26 Å². The van der Waals surface area contributed by atoms with Crippen molar-refractivity contribution in [2.24, 2.45) is 0 Å². The number of amides is 1. The molecule has 4 nitrogen and oxygen atoms in total. The van der Waals surface area contributed by atoms with Gasteiger partial charge in [0.15, 0.2) is 0 Å². The fraction of sp³-hybridized carbons (Fsp3) is 0.429. The fourth-order valence-corrected chi connectivity index (χ4v) is 1.68. The SMILES string of the molecule is CCCCOc1ccc(Cl)cc1CNC(=O)CC#N. The van der Waals surface area contributed by atoms with Crippen LogP contribution in [0.3, 0.4) is 0 Å². The average molecular weight is 281 g/mol. The molecule has 102 valence electrons. The Hall–Kier alpha value is -1.73. The molecule has 19 heavy (non-hydrogen) atoms. The second kappa shape index (κ2) is 8.39. The molecular weight excluding hydrogens is 264 g/mol. The molecule has 0 heterocycles. The number of nitrogens with one attached hydrogen (secondary N) is 1. The lowest BCUT2D eigenvalue weighted by Crippen LogP contribution is -2.22. The zero-order valence-corrected chi connectivity index (χ0v) is 11.7. The zero-order chi connectivity index (χ0) is 14.1. The van der Waals surface area contributed by atoms with Crippen molar-refractivity contribution in [3.05, 3.63) is 28.8 Å². The summed E-state index contributed by atoms with van der Waals surface area (Å²) in [5, 5.41) is 11.7. The zero-order valence-electron chi connectivity index (χ0n) is 10.9. The summed E-state index contributed by atoms with van der Waals surface area (Å²) >= 11 is 5.93. The Bertz CT molecular complexity index is 469. The first-order chi connectivity index (χ1) is 9.17. The highest BCUT2D eigenvalue weighted by molar-refractivity contribution is 6.30. The molecular formula is C14H17ClN2O2. The van der Waals surface area contributed by atoms with Crippen LogP contribution in [0.25, 0.3) is 0 Å². The number of unbranched alkanes of at least 4 members (excludes halogenated alkanes) is 1. The second-order valence-corrected chi connectivity index (χ2v) is 4.50. The lowest BCUT2D eigenvalue weighted by Gasteiger charge is -2.12. The Morgan fingerprint density at radius 1 is 1.53 bits per heavy atom. The van der Waals surface area contributed by atoms with Gasteiger partial charge in [0, 0.05) is 17.1 Å². The van der Waals surface area contributed by atoms with Gasteiger partial charge in [0.05, 0.1) is 12.7 Å². The summed E-state index contributed by atoms with van der Waals surface area (Å²) in [4.78, 5) is 11.3. The Balaban J connectivity index is 2.66. The first kappa shape index (κ1) is 15.3. The van der Waals surface area contributed by atoms with Gasteiger partial charge in [-0.2, -0.15) is 5.26 Å². The number of ether oxygens (including phenoxy) is 1. The van der Waals surface area contributed by atoms with E-state index in [1.54, 1.807) is 24.3 Å². The summed E-state index contributed by atoms with van der Waals surface area (Å²) in [7, 11) is 0. The molecule has 1 aromatic rings. The van der Waals surface area contributed by atoms with Crippen LogP contribution in [0.2, 0.25) is 5.02 Å². The van der Waals surface area contributed by atoms with Gasteiger partial charge in [0.25, 0.3) is 0 Å². The Kier molecular flexibility index (Phi) is 6.76. The summed E-state index contributed by atoms with van der Waals surface area (Å²) in [6.07, 6.45) is 1.89. The van der Waals surface area contributed by atoms with Crippen LogP contribution in [-0.4, -0.2) is 12.5 Å². The van der Waals surface area contributed by atoms with Crippen LogP contribution < -0.4 is 10.1 Å². The largest absolute Gasteiger partial charge is 0.493 e. The number of benzene rings is 1. The Morgan fingerprint density at radius 3 is 3.00 bits per heavy atom. The van der Waals surface area contributed by atoms with Crippen LogP contribution in [0.1, 0.15) is 31.7 Å². The molecule has 0 spiro atoms. The van der Waals surface area contributed by atoms with Crippen LogP contribution in [0.15, 0.2) is 18.2 Å². The maximum atomic E-state index is 11.3. The van der Waals surface area contributed by atoms with Gasteiger partial charge >= 0.3 is 0 Å². The van der Waals surface area contributed by atoms with Crippen molar-refractivity contribution in [3.8, 4) is 11.8 Å². The van der Waals surface area contributed by atoms with E-state index < -0.39 is 0 Å². The van der Waals surface area contributed by atoms with Crippen molar-refractivity contribution in [3.63, 3.8) is 0 Å². The standard InChI is InChI=1S/C14H17ClN2O2/c1-2-3-8-19-13-5-4-12(15)9-11(13)10-17-14(18)6-7-16/h4-5,9H,2-3,6,8,10H2,1H3,(H,17,18). The molecule has 0 unspecified atom stereocenters. The van der Waals surface area contributed by atoms with Crippen LogP contribution in [0, 0.1) is 11.3 Å². The number of hydrogen-bond donors (Lipinski definition) is 1. The van der Waals surface area contributed by atoms with Crippen LogP contribution in [0.5, 0.6) is 5.75 Å². The molecule has 0 radical (unpaired) electrons. The van der Waals surface area contributed by atoms with Crippen LogP contribution in [0.4, 0.5) is 0 Å². The molecule has 0 bridgehead atoms. The van der Waals surface area contributed by atoms with Gasteiger partial charge in [0.1, 0.15) is 12.2 Å². The van der Waals surface area contributed by atoms with E-state index in [1.807, 2.05) is 0 Å². The minimum absolute atomic E-state index is 0.146. The third-order valence-electron chi connectivity index (χ3n) is 2.49. The van der Waals surface area contributed by atoms with E-state index in [0.717, 1.165) is 24.2 Å². The van der Waals surface area contributed by atoms with E-state index in [9.17, 15) is 4.79 Å². The summed E-state index contributed by atoms with van der Waals surface area (Å²) in [5.41, 5.74) is 0.815. The number of hydrogen-bond acceptors (Lipinski definition) is 3. The molecule has 1 N–H and O–H groups in total. The Morgan fingerprint density at radius 2 is 2.32 bits per heavy atom. The van der Waals surface area contributed by atoms with Gasteiger partial charge in [-0.05, 0) is 24.6 Å². The summed E-state index contributed by atoms with van der Waals surface area (Å²) in [6.45, 7) is 3.04. The molecule has 0 aromatic heterocycles. The maximum Gasteiger partial charge on any atom is 0.234 e. The number of carbonyl (C=O) groups is 1. The normalized spacial score (nSPS) is 9.74. The van der Waals surface area contributed by atoms with E-state index in [0.29, 0.717) is 18.2 Å². The first-order valence-electron chi connectivity index (χ1n) is 6.22. The smallest absolute Gasteiger partial charge is 0.234 e. The Labute approximate surface area is 118 Å². The molecule has 0 saturated carbocycles. The van der Waals surface area contributed by atoms with Gasteiger partial charge in [-0.25, -0.2) is 0 Å². The second-order valence-electron chi connectivity index (χ2n) is 4.07. The van der Waals surface area contributed by atoms with Crippen molar-refractivity contribution in [2.75, 3.05) is 6.61 Å². The van der Waals surface area contributed by atoms with E-state index in [-0.39, 0.29) is 12.3 Å². The predicted molar refractivity (Wildman–Crippen MR) is 73.9 cm³/mol. The minimum atomic E-state index is -0.304. The number of halogens is 1. The molecule has 1 amide bonds. The van der Waals surface area contributed by atoms with Gasteiger partial charge in [-0.15, -0.1) is 0 Å². The monoisotopic (exact) mass is 280 g/mol. The molecule has 0 saturated heterocycles. The molecule has 1 rings (SSSR count). The van der Waals surface area contributed by atoms with E-state index in [1.165, 1.54) is 0 Å². The van der Waals surface area contributed by atoms with Crippen molar-refractivity contribution in [2.45, 2.75) is 32.7 Å². The highest BCUT2D eigenvalue weighted by Gasteiger charge is 2.07. The van der Waals surface area contributed by atoms with Gasteiger partial charge < -0.3 is 10.1 Å². The van der Waals surface area contributed by atoms with Gasteiger partial charge in [0.2, 0.25) is 5.91 Å². The average Bonchev–Trinajstić information content (AvgIpc) is 2.39. The van der Waals surface area contributed by atoms with Crippen LogP contribution >= 0.6 is 11.6 Å². The third kappa shape index (κ3) is 5.62. The van der Waals surface area contributed by atoms with E-state index in [2.05, 4.69) is 12.2 Å². The molecule has 0 atom stereocenters. The topological polar surface area (TPSA) is 62.1 Å². The predicted octanol–water partition coefficient (Wildman–Crippen LogP) is 3.05. The maximum absolute atomic E-state index is 11.3. The van der Waals surface area contributed by atoms with Gasteiger partial charge in [-0.1, -0.05) is 24.9 Å². The molecule has 0 fully saturated rings. The van der Waals surface area contributed by atoms with E-state index >= 15 is 0 Å². The number of carbonyl (C=O) groups excluding carboxylic acids is 1. The quantitative estimate of drug-likeness (QED) is 0.781. The molecule has 1 aromatic carbocycles. The highest BCUT2D eigenvalue weighted by atomic mass is 35.5. The lowest BCUT2D eigenvalue weighted by molar-refractivity contribution is -0.120. The summed E-state index contributed by atoms with van der Waals surface area (Å²) in [5.74, 6) is 0.414. The van der Waals surface area contributed by atoms with Crippen LogP contribution in [-0.2, 0) is 11.3 Å². The molecule has 0 aliphatic heterocycles. The summed E-state index contributed by atoms with van der Waals surface area (Å²) < 4.78 is 5.65. The minimum Gasteiger partial charge on any atom is -0.493 e. The number of rotatable bonds is 7. The van der Waals surface area contributed by atoms with Crippen molar-refractivity contribution >= 4 is 17.5 Å². The lowest BCUT2D eigenvalue weighted by atomic mass is 10.2. The number of nitriles is 1. The van der Waals surface area contributed by atoms with Gasteiger partial charge in [-0.3, -0.25) is 4.79 Å². The number of nitrogens with zero attached hydrogens (tertiary/aromatic N) is 1. The van der Waals surface area contributed by atoms with Crippen molar-refractivity contribution < 1.29 is 9.53 Å². The molecule has 0 aliphatic carbocycles. The summed E-state index contributed by atoms with van der Waals surface area (Å²) in [6, 6.07) is 7.11. The van der Waals surface area contributed by atoms with Crippen molar-refractivity contribution in [1.82, 2.24) is 5.32 Å². The van der Waals surface area contributed by atoms with E-state index in [4.69, 9.17) is 21.6 Å². The fourth-order valence-electron chi connectivity index (χ4n) is 1.48. The highest BCUT2D eigenvalue weighted by Crippen LogP contribution is 2.23. The molecule has 0 aliphatic rings. The first-order valence-corrected chi connectivity index (χ1v) is 6.60. The molecule has 5 heteroatoms. The third-order valence-corrected chi connectivity index (χ3v) is 2.73.